The van der Waals surface area contributed by atoms with Crippen molar-refractivity contribution in [1.29, 1.82) is 0 Å². The van der Waals surface area contributed by atoms with Gasteiger partial charge in [-0.2, -0.15) is 5.10 Å². The van der Waals surface area contributed by atoms with E-state index in [9.17, 15) is 4.79 Å². The van der Waals surface area contributed by atoms with Crippen molar-refractivity contribution in [2.24, 2.45) is 5.92 Å². The zero-order valence-electron chi connectivity index (χ0n) is 13.7. The summed E-state index contributed by atoms with van der Waals surface area (Å²) in [4.78, 5) is 18.8. The van der Waals surface area contributed by atoms with Gasteiger partial charge in [-0.1, -0.05) is 30.3 Å². The van der Waals surface area contributed by atoms with E-state index in [-0.39, 0.29) is 6.03 Å². The Balaban J connectivity index is 1.25. The van der Waals surface area contributed by atoms with Crippen molar-refractivity contribution in [3.8, 4) is 0 Å². The van der Waals surface area contributed by atoms with E-state index in [4.69, 9.17) is 0 Å². The number of likely N-dealkylation sites (tertiary alicyclic amines) is 1. The summed E-state index contributed by atoms with van der Waals surface area (Å²) in [5.41, 5.74) is 1.12. The average molecular weight is 325 g/mol. The molecule has 126 valence electrons. The first-order chi connectivity index (χ1) is 11.8. The number of nitrogens with zero attached hydrogens (tertiary/aromatic N) is 3. The lowest BCUT2D eigenvalue weighted by molar-refractivity contribution is 0.206. The number of aromatic amines is 1. The molecule has 0 radical (unpaired) electrons. The van der Waals surface area contributed by atoms with Gasteiger partial charge in [0, 0.05) is 32.0 Å². The third-order valence-corrected chi connectivity index (χ3v) is 4.83. The van der Waals surface area contributed by atoms with Crippen molar-refractivity contribution in [3.63, 3.8) is 0 Å². The van der Waals surface area contributed by atoms with Crippen LogP contribution in [-0.4, -0.2) is 39.2 Å². The highest BCUT2D eigenvalue weighted by atomic mass is 16.2. The Kier molecular flexibility index (Phi) is 4.19. The number of aromatic nitrogens is 3. The highest BCUT2D eigenvalue weighted by Crippen LogP contribution is 2.37. The smallest absolute Gasteiger partial charge is 0.317 e. The Bertz CT molecular complexity index is 694. The van der Waals surface area contributed by atoms with Gasteiger partial charge in [0.25, 0.3) is 0 Å². The lowest BCUT2D eigenvalue weighted by atomic mass is 10.1. The number of urea groups is 1. The summed E-state index contributed by atoms with van der Waals surface area (Å²) in [5.74, 6) is 2.99. The molecule has 2 N–H and O–H groups in total. The van der Waals surface area contributed by atoms with Gasteiger partial charge in [0.2, 0.25) is 0 Å². The average Bonchev–Trinajstić information content (AvgIpc) is 3.18. The lowest BCUT2D eigenvalue weighted by Crippen LogP contribution is -2.38. The Morgan fingerprint density at radius 1 is 1.25 bits per heavy atom. The summed E-state index contributed by atoms with van der Waals surface area (Å²) < 4.78 is 0. The molecule has 2 fully saturated rings. The molecule has 2 aliphatic rings. The van der Waals surface area contributed by atoms with Gasteiger partial charge in [-0.15, -0.1) is 0 Å². The number of amides is 2. The van der Waals surface area contributed by atoms with Crippen molar-refractivity contribution >= 4 is 6.03 Å². The van der Waals surface area contributed by atoms with Crippen LogP contribution in [0.3, 0.4) is 0 Å². The molecule has 1 aliphatic heterocycles. The maximum absolute atomic E-state index is 12.3. The Morgan fingerprint density at radius 2 is 2.08 bits per heavy atom. The molecule has 1 unspecified atom stereocenters. The Hall–Kier alpha value is -2.37. The van der Waals surface area contributed by atoms with E-state index in [2.05, 4.69) is 20.5 Å². The molecule has 1 saturated carbocycles. The standard InChI is InChI=1S/C18H23N5O/c24-18(19-11-13-4-2-1-3-5-13)23-9-8-14(12-23)10-16-20-17(22-21-16)15-6-7-15/h1-5,14-15H,6-12H2,(H,19,24)(H,20,21,22). The number of carbonyl (C=O) groups is 1. The van der Waals surface area contributed by atoms with Crippen LogP contribution in [-0.2, 0) is 13.0 Å². The summed E-state index contributed by atoms with van der Waals surface area (Å²) >= 11 is 0. The van der Waals surface area contributed by atoms with E-state index in [1.54, 1.807) is 0 Å². The zero-order chi connectivity index (χ0) is 16.4. The molecule has 1 aromatic heterocycles. The second-order valence-corrected chi connectivity index (χ2v) is 6.86. The van der Waals surface area contributed by atoms with Crippen LogP contribution in [0.4, 0.5) is 4.79 Å². The SMILES string of the molecule is O=C(NCc1ccccc1)N1CCC(Cc2nc(C3CC3)n[nH]2)C1. The number of hydrogen-bond acceptors (Lipinski definition) is 3. The van der Waals surface area contributed by atoms with Crippen LogP contribution in [0.2, 0.25) is 0 Å². The van der Waals surface area contributed by atoms with Crippen molar-refractivity contribution in [2.75, 3.05) is 13.1 Å². The number of H-pyrrole nitrogens is 1. The number of rotatable bonds is 5. The summed E-state index contributed by atoms with van der Waals surface area (Å²) in [7, 11) is 0. The summed E-state index contributed by atoms with van der Waals surface area (Å²) in [6, 6.07) is 10.0. The fourth-order valence-corrected chi connectivity index (χ4v) is 3.27. The van der Waals surface area contributed by atoms with Crippen LogP contribution < -0.4 is 5.32 Å². The van der Waals surface area contributed by atoms with Gasteiger partial charge in [-0.25, -0.2) is 9.78 Å². The van der Waals surface area contributed by atoms with Crippen molar-refractivity contribution in [1.82, 2.24) is 25.4 Å². The molecule has 2 aromatic rings. The van der Waals surface area contributed by atoms with E-state index in [1.807, 2.05) is 35.2 Å². The number of hydrogen-bond donors (Lipinski definition) is 2. The topological polar surface area (TPSA) is 73.9 Å². The second kappa shape index (κ2) is 6.63. The Morgan fingerprint density at radius 3 is 2.88 bits per heavy atom. The Labute approximate surface area is 141 Å². The highest BCUT2D eigenvalue weighted by molar-refractivity contribution is 5.74. The highest BCUT2D eigenvalue weighted by Gasteiger charge is 2.30. The quantitative estimate of drug-likeness (QED) is 0.887. The van der Waals surface area contributed by atoms with Gasteiger partial charge in [0.05, 0.1) is 0 Å². The van der Waals surface area contributed by atoms with Crippen LogP contribution >= 0.6 is 0 Å². The minimum atomic E-state index is 0.0255. The van der Waals surface area contributed by atoms with E-state index >= 15 is 0 Å². The molecule has 2 heterocycles. The van der Waals surface area contributed by atoms with Crippen molar-refractivity contribution in [3.05, 3.63) is 47.5 Å². The predicted molar refractivity (Wildman–Crippen MR) is 90.4 cm³/mol. The van der Waals surface area contributed by atoms with Crippen LogP contribution in [0.15, 0.2) is 30.3 Å². The fraction of sp³-hybridized carbons (Fsp3) is 0.500. The molecule has 2 amide bonds. The van der Waals surface area contributed by atoms with Crippen LogP contribution in [0.1, 0.15) is 42.4 Å². The van der Waals surface area contributed by atoms with Gasteiger partial charge >= 0.3 is 6.03 Å². The van der Waals surface area contributed by atoms with Crippen molar-refractivity contribution < 1.29 is 4.79 Å². The summed E-state index contributed by atoms with van der Waals surface area (Å²) in [5, 5.41) is 10.4. The first-order valence-electron chi connectivity index (χ1n) is 8.76. The first-order valence-corrected chi connectivity index (χ1v) is 8.76. The molecule has 6 nitrogen and oxygen atoms in total. The molecule has 24 heavy (non-hydrogen) atoms. The minimum Gasteiger partial charge on any atom is -0.334 e. The van der Waals surface area contributed by atoms with E-state index in [0.717, 1.165) is 43.1 Å². The molecule has 0 spiro atoms. The van der Waals surface area contributed by atoms with Crippen LogP contribution in [0, 0.1) is 5.92 Å². The number of benzene rings is 1. The molecular weight excluding hydrogens is 302 g/mol. The molecule has 1 atom stereocenters. The number of nitrogens with one attached hydrogen (secondary N) is 2. The van der Waals surface area contributed by atoms with E-state index < -0.39 is 0 Å². The predicted octanol–water partition coefficient (Wildman–Crippen LogP) is 2.46. The third kappa shape index (κ3) is 3.58. The van der Waals surface area contributed by atoms with Crippen LogP contribution in [0.5, 0.6) is 0 Å². The molecular formula is C18H23N5O. The van der Waals surface area contributed by atoms with Gasteiger partial charge in [-0.05, 0) is 30.7 Å². The van der Waals surface area contributed by atoms with E-state index in [0.29, 0.717) is 18.4 Å². The van der Waals surface area contributed by atoms with Gasteiger partial charge in [-0.3, -0.25) is 5.10 Å². The third-order valence-electron chi connectivity index (χ3n) is 4.83. The normalized spacial score (nSPS) is 20.3. The summed E-state index contributed by atoms with van der Waals surface area (Å²) in [6.45, 7) is 2.18. The molecule has 4 rings (SSSR count). The summed E-state index contributed by atoms with van der Waals surface area (Å²) in [6.07, 6.45) is 4.34. The monoisotopic (exact) mass is 325 g/mol. The minimum absolute atomic E-state index is 0.0255. The zero-order valence-corrected chi connectivity index (χ0v) is 13.7. The lowest BCUT2D eigenvalue weighted by Gasteiger charge is -2.17. The van der Waals surface area contributed by atoms with Gasteiger partial charge in [0.1, 0.15) is 5.82 Å². The maximum atomic E-state index is 12.3. The second-order valence-electron chi connectivity index (χ2n) is 6.86. The van der Waals surface area contributed by atoms with Gasteiger partial charge in [0.15, 0.2) is 5.82 Å². The molecule has 0 bridgehead atoms. The fourth-order valence-electron chi connectivity index (χ4n) is 3.27. The number of carbonyl (C=O) groups excluding carboxylic acids is 1. The largest absolute Gasteiger partial charge is 0.334 e. The molecule has 1 aliphatic carbocycles. The maximum Gasteiger partial charge on any atom is 0.317 e. The molecule has 6 heteroatoms. The van der Waals surface area contributed by atoms with Crippen LogP contribution in [0.25, 0.3) is 0 Å². The molecule has 1 saturated heterocycles. The molecule has 1 aromatic carbocycles. The van der Waals surface area contributed by atoms with E-state index in [1.165, 1.54) is 12.8 Å². The van der Waals surface area contributed by atoms with Gasteiger partial charge < -0.3 is 10.2 Å². The first kappa shape index (κ1) is 15.2. The van der Waals surface area contributed by atoms with Crippen molar-refractivity contribution in [2.45, 2.75) is 38.1 Å².